The Morgan fingerprint density at radius 1 is 1.65 bits per heavy atom. The predicted octanol–water partition coefficient (Wildman–Crippen LogP) is 1.09. The average Bonchev–Trinajstić information content (AvgIpc) is 2.94. The molecule has 2 N–H and O–H groups in total. The zero-order chi connectivity index (χ0) is 11.8. The molecule has 2 aliphatic rings. The van der Waals surface area contributed by atoms with Gasteiger partial charge in [0.25, 0.3) is 0 Å². The first-order valence-corrected chi connectivity index (χ1v) is 5.98. The summed E-state index contributed by atoms with van der Waals surface area (Å²) in [6, 6.07) is 3.04. The van der Waals surface area contributed by atoms with Crippen molar-refractivity contribution in [2.75, 3.05) is 18.0 Å². The number of halogens is 1. The lowest BCUT2D eigenvalue weighted by molar-refractivity contribution is 0.322. The van der Waals surface area contributed by atoms with Crippen LogP contribution in [0.3, 0.4) is 0 Å². The topological polar surface area (TPSA) is 60.8 Å². The van der Waals surface area contributed by atoms with Crippen LogP contribution in [0.15, 0.2) is 17.4 Å². The summed E-state index contributed by atoms with van der Waals surface area (Å²) >= 11 is 5.92. The first-order valence-electron chi connectivity index (χ1n) is 5.61. The molecule has 1 aromatic heterocycles. The Morgan fingerprint density at radius 3 is 3.18 bits per heavy atom. The highest BCUT2D eigenvalue weighted by Gasteiger charge is 2.37. The van der Waals surface area contributed by atoms with Crippen LogP contribution in [0.5, 0.6) is 0 Å². The minimum atomic E-state index is 0.356. The van der Waals surface area contributed by atoms with E-state index in [1.165, 1.54) is 12.6 Å². The van der Waals surface area contributed by atoms with Crippen molar-refractivity contribution in [3.05, 3.63) is 23.0 Å². The molecule has 0 saturated carbocycles. The second-order valence-electron chi connectivity index (χ2n) is 4.47. The second-order valence-corrected chi connectivity index (χ2v) is 4.82. The molecule has 0 aromatic carbocycles. The van der Waals surface area contributed by atoms with Gasteiger partial charge >= 0.3 is 0 Å². The molecular weight excluding hydrogens is 240 g/mol. The Labute approximate surface area is 104 Å². The van der Waals surface area contributed by atoms with E-state index in [9.17, 15) is 0 Å². The van der Waals surface area contributed by atoms with E-state index >= 15 is 0 Å². The molecule has 0 radical (unpaired) electrons. The SMILES string of the molecule is O/N=C\c1cc(N2C[C@@H]3C[C@H]2CN3)cnc1Cl. The summed E-state index contributed by atoms with van der Waals surface area (Å²) in [4.78, 5) is 6.46. The fraction of sp³-hybridized carbons (Fsp3) is 0.455. The lowest BCUT2D eigenvalue weighted by Gasteiger charge is -2.29. The first-order chi connectivity index (χ1) is 8.28. The van der Waals surface area contributed by atoms with Crippen molar-refractivity contribution < 1.29 is 5.21 Å². The third-order valence-electron chi connectivity index (χ3n) is 3.44. The molecule has 0 aliphatic carbocycles. The lowest BCUT2D eigenvalue weighted by Crippen LogP contribution is -2.43. The lowest BCUT2D eigenvalue weighted by atomic mass is 10.2. The van der Waals surface area contributed by atoms with Crippen molar-refractivity contribution in [3.63, 3.8) is 0 Å². The fourth-order valence-electron chi connectivity index (χ4n) is 2.64. The van der Waals surface area contributed by atoms with Crippen LogP contribution in [0.4, 0.5) is 5.69 Å². The highest BCUT2D eigenvalue weighted by atomic mass is 35.5. The number of hydrogen-bond acceptors (Lipinski definition) is 5. The Morgan fingerprint density at radius 2 is 2.53 bits per heavy atom. The Kier molecular flexibility index (Phi) is 2.64. The zero-order valence-corrected chi connectivity index (χ0v) is 9.93. The van der Waals surface area contributed by atoms with E-state index in [1.54, 1.807) is 6.20 Å². The van der Waals surface area contributed by atoms with Gasteiger partial charge in [-0.2, -0.15) is 0 Å². The standard InChI is InChI=1S/C11H13ClN4O/c12-11-7(3-15-17)1-9(5-14-11)16-6-8-2-10(16)4-13-8/h1,3,5,8,10,13,17H,2,4,6H2/b15-3-/t8-,10-/m0/s1. The van der Waals surface area contributed by atoms with Crippen LogP contribution in [0.2, 0.25) is 5.15 Å². The van der Waals surface area contributed by atoms with Crippen molar-refractivity contribution in [1.82, 2.24) is 10.3 Å². The maximum absolute atomic E-state index is 8.57. The fourth-order valence-corrected chi connectivity index (χ4v) is 2.79. The van der Waals surface area contributed by atoms with Crippen LogP contribution in [-0.2, 0) is 0 Å². The van der Waals surface area contributed by atoms with E-state index < -0.39 is 0 Å². The summed E-state index contributed by atoms with van der Waals surface area (Å²) in [6.45, 7) is 2.03. The molecule has 17 heavy (non-hydrogen) atoms. The smallest absolute Gasteiger partial charge is 0.138 e. The van der Waals surface area contributed by atoms with Gasteiger partial charge in [-0.3, -0.25) is 0 Å². The van der Waals surface area contributed by atoms with Crippen LogP contribution < -0.4 is 10.2 Å². The maximum Gasteiger partial charge on any atom is 0.138 e. The van der Waals surface area contributed by atoms with E-state index in [4.69, 9.17) is 16.8 Å². The molecule has 0 unspecified atom stereocenters. The van der Waals surface area contributed by atoms with Crippen LogP contribution in [-0.4, -0.2) is 41.6 Å². The van der Waals surface area contributed by atoms with Gasteiger partial charge in [0.2, 0.25) is 0 Å². The molecular formula is C11H13ClN4O. The zero-order valence-electron chi connectivity index (χ0n) is 9.17. The molecule has 2 aliphatic heterocycles. The number of anilines is 1. The predicted molar refractivity (Wildman–Crippen MR) is 66.2 cm³/mol. The maximum atomic E-state index is 8.57. The number of piperazine rings is 1. The average molecular weight is 253 g/mol. The quantitative estimate of drug-likeness (QED) is 0.358. The van der Waals surface area contributed by atoms with Crippen LogP contribution in [0.25, 0.3) is 0 Å². The minimum absolute atomic E-state index is 0.356. The molecule has 0 spiro atoms. The van der Waals surface area contributed by atoms with Crippen molar-refractivity contribution in [2.45, 2.75) is 18.5 Å². The molecule has 2 saturated heterocycles. The summed E-state index contributed by atoms with van der Waals surface area (Å²) < 4.78 is 0. The van der Waals surface area contributed by atoms with E-state index in [1.807, 2.05) is 6.07 Å². The van der Waals surface area contributed by atoms with Crippen LogP contribution in [0.1, 0.15) is 12.0 Å². The number of pyridine rings is 1. The van der Waals surface area contributed by atoms with Crippen LogP contribution in [0, 0.1) is 0 Å². The number of oxime groups is 1. The number of nitrogens with one attached hydrogen (secondary N) is 1. The van der Waals surface area contributed by atoms with Gasteiger partial charge < -0.3 is 15.4 Å². The monoisotopic (exact) mass is 252 g/mol. The van der Waals surface area contributed by atoms with Gasteiger partial charge in [-0.15, -0.1) is 0 Å². The molecule has 3 rings (SSSR count). The third-order valence-corrected chi connectivity index (χ3v) is 3.75. The van der Waals surface area contributed by atoms with Crippen molar-refractivity contribution >= 4 is 23.5 Å². The summed E-state index contributed by atoms with van der Waals surface area (Å²) in [6.07, 6.45) is 4.27. The molecule has 2 bridgehead atoms. The van der Waals surface area contributed by atoms with Gasteiger partial charge in [-0.05, 0) is 12.5 Å². The molecule has 6 heteroatoms. The number of nitrogens with zero attached hydrogens (tertiary/aromatic N) is 3. The van der Waals surface area contributed by atoms with Crippen molar-refractivity contribution in [3.8, 4) is 0 Å². The van der Waals surface area contributed by atoms with Crippen molar-refractivity contribution in [1.29, 1.82) is 0 Å². The molecule has 2 atom stereocenters. The highest BCUT2D eigenvalue weighted by molar-refractivity contribution is 6.31. The largest absolute Gasteiger partial charge is 0.411 e. The van der Waals surface area contributed by atoms with Gasteiger partial charge in [0.1, 0.15) is 5.15 Å². The Balaban J connectivity index is 1.91. The molecule has 5 nitrogen and oxygen atoms in total. The summed E-state index contributed by atoms with van der Waals surface area (Å²) in [5, 5.41) is 15.4. The van der Waals surface area contributed by atoms with E-state index in [0.717, 1.165) is 18.8 Å². The number of hydrogen-bond donors (Lipinski definition) is 2. The summed E-state index contributed by atoms with van der Waals surface area (Å²) in [5.74, 6) is 0. The molecule has 90 valence electrons. The Hall–Kier alpha value is -1.33. The summed E-state index contributed by atoms with van der Waals surface area (Å²) in [5.41, 5.74) is 1.68. The van der Waals surface area contributed by atoms with Crippen LogP contribution >= 0.6 is 11.6 Å². The second kappa shape index (κ2) is 4.16. The van der Waals surface area contributed by atoms with Gasteiger partial charge in [-0.1, -0.05) is 16.8 Å². The van der Waals surface area contributed by atoms with Gasteiger partial charge in [0.05, 0.1) is 18.1 Å². The van der Waals surface area contributed by atoms with E-state index in [0.29, 0.717) is 22.8 Å². The number of fused-ring (bicyclic) bond motifs is 2. The molecule has 2 fully saturated rings. The molecule has 0 amide bonds. The summed E-state index contributed by atoms with van der Waals surface area (Å²) in [7, 11) is 0. The molecule has 1 aromatic rings. The van der Waals surface area contributed by atoms with E-state index in [2.05, 4.69) is 20.4 Å². The van der Waals surface area contributed by atoms with Gasteiger partial charge in [0.15, 0.2) is 0 Å². The van der Waals surface area contributed by atoms with Gasteiger partial charge in [0, 0.05) is 30.7 Å². The highest BCUT2D eigenvalue weighted by Crippen LogP contribution is 2.30. The number of aromatic nitrogens is 1. The van der Waals surface area contributed by atoms with Gasteiger partial charge in [-0.25, -0.2) is 4.98 Å². The minimum Gasteiger partial charge on any atom is -0.411 e. The number of rotatable bonds is 2. The Bertz CT molecular complexity index is 465. The third kappa shape index (κ3) is 1.85. The van der Waals surface area contributed by atoms with E-state index in [-0.39, 0.29) is 0 Å². The normalized spacial score (nSPS) is 27.2. The van der Waals surface area contributed by atoms with Crippen molar-refractivity contribution in [2.24, 2.45) is 5.16 Å². The first kappa shape index (κ1) is 10.8. The molecule has 3 heterocycles.